The number of imidazole rings is 1. The van der Waals surface area contributed by atoms with Gasteiger partial charge in [0.1, 0.15) is 0 Å². The summed E-state index contributed by atoms with van der Waals surface area (Å²) in [6.45, 7) is 2.63. The lowest BCUT2D eigenvalue weighted by Gasteiger charge is -2.21. The summed E-state index contributed by atoms with van der Waals surface area (Å²) in [4.78, 5) is 37.5. The van der Waals surface area contributed by atoms with Gasteiger partial charge >= 0.3 is 5.69 Å². The van der Waals surface area contributed by atoms with E-state index < -0.39 is 11.9 Å². The first-order valence-electron chi connectivity index (χ1n) is 9.78. The van der Waals surface area contributed by atoms with Crippen molar-refractivity contribution in [3.05, 3.63) is 34.2 Å². The summed E-state index contributed by atoms with van der Waals surface area (Å²) in [5.74, 6) is -0.634. The summed E-state index contributed by atoms with van der Waals surface area (Å²) < 4.78 is 8.51. The maximum absolute atomic E-state index is 12.9. The second kappa shape index (κ2) is 9.16. The van der Waals surface area contributed by atoms with Crippen molar-refractivity contribution in [2.24, 2.45) is 7.05 Å². The second-order valence-corrected chi connectivity index (χ2v) is 7.08. The van der Waals surface area contributed by atoms with Crippen LogP contribution in [0.2, 0.25) is 0 Å². The number of hydrogen-bond acceptors (Lipinski definition) is 5. The number of nitrogens with one attached hydrogen (secondary N) is 2. The third kappa shape index (κ3) is 4.02. The maximum atomic E-state index is 12.9. The molecule has 1 aromatic carbocycles. The van der Waals surface area contributed by atoms with E-state index in [0.29, 0.717) is 18.7 Å². The third-order valence-electron chi connectivity index (χ3n) is 5.12. The molecular formula is C20H28N4O4. The minimum atomic E-state index is -1.09. The summed E-state index contributed by atoms with van der Waals surface area (Å²) in [5, 5.41) is 5.77. The van der Waals surface area contributed by atoms with Crippen LogP contribution in [-0.4, -0.2) is 54.2 Å². The molecule has 28 heavy (non-hydrogen) atoms. The van der Waals surface area contributed by atoms with Gasteiger partial charge in [-0.2, -0.15) is 0 Å². The fourth-order valence-corrected chi connectivity index (χ4v) is 3.74. The minimum Gasteiger partial charge on any atom is -0.381 e. The highest BCUT2D eigenvalue weighted by atomic mass is 16.5. The van der Waals surface area contributed by atoms with Gasteiger partial charge in [0.2, 0.25) is 0 Å². The Bertz CT molecular complexity index is 899. The molecule has 8 nitrogen and oxygen atoms in total. The fraction of sp³-hybridized carbons (Fsp3) is 0.550. The van der Waals surface area contributed by atoms with E-state index in [1.165, 1.54) is 9.13 Å². The molecule has 0 radical (unpaired) electrons. The number of amides is 1. The second-order valence-electron chi connectivity index (χ2n) is 7.08. The zero-order valence-corrected chi connectivity index (χ0v) is 16.5. The van der Waals surface area contributed by atoms with Gasteiger partial charge in [-0.1, -0.05) is 12.1 Å². The first-order valence-corrected chi connectivity index (χ1v) is 9.78. The summed E-state index contributed by atoms with van der Waals surface area (Å²) in [6.07, 6.45) is 2.80. The molecule has 1 saturated heterocycles. The summed E-state index contributed by atoms with van der Waals surface area (Å²) in [6, 6.07) is 4.56. The van der Waals surface area contributed by atoms with E-state index in [1.807, 2.05) is 19.2 Å². The Balaban J connectivity index is 1.82. The number of para-hydroxylation sites is 1. The smallest absolute Gasteiger partial charge is 0.329 e. The average molecular weight is 388 g/mol. The average Bonchev–Trinajstić information content (AvgIpc) is 2.93. The molecule has 0 spiro atoms. The van der Waals surface area contributed by atoms with E-state index in [1.54, 1.807) is 13.1 Å². The number of ether oxygens (including phenoxy) is 1. The largest absolute Gasteiger partial charge is 0.381 e. The van der Waals surface area contributed by atoms with Crippen LogP contribution in [0.5, 0.6) is 0 Å². The third-order valence-corrected chi connectivity index (χ3v) is 5.12. The van der Waals surface area contributed by atoms with Crippen molar-refractivity contribution in [2.45, 2.75) is 31.7 Å². The Hall–Kier alpha value is -2.45. The van der Waals surface area contributed by atoms with E-state index in [4.69, 9.17) is 4.74 Å². The Morgan fingerprint density at radius 3 is 2.75 bits per heavy atom. The van der Waals surface area contributed by atoms with Crippen molar-refractivity contribution in [3.63, 3.8) is 0 Å². The normalized spacial score (nSPS) is 17.3. The van der Waals surface area contributed by atoms with Crippen molar-refractivity contribution in [3.8, 4) is 0 Å². The summed E-state index contributed by atoms with van der Waals surface area (Å²) >= 11 is 0. The van der Waals surface area contributed by atoms with Gasteiger partial charge in [-0.15, -0.1) is 0 Å². The van der Waals surface area contributed by atoms with Gasteiger partial charge in [0.25, 0.3) is 5.91 Å². The van der Waals surface area contributed by atoms with Crippen molar-refractivity contribution < 1.29 is 14.3 Å². The molecule has 1 aromatic heterocycles. The monoisotopic (exact) mass is 388 g/mol. The van der Waals surface area contributed by atoms with Gasteiger partial charge in [0.15, 0.2) is 11.8 Å². The predicted molar refractivity (Wildman–Crippen MR) is 107 cm³/mol. The SMILES string of the molecule is CNCCCOCCCc1cccc2c1n(C)c(=O)n2C1C(=O)CCNC1=O. The van der Waals surface area contributed by atoms with Crippen LogP contribution in [-0.2, 0) is 27.8 Å². The fourth-order valence-electron chi connectivity index (χ4n) is 3.74. The van der Waals surface area contributed by atoms with Gasteiger partial charge < -0.3 is 15.4 Å². The molecule has 152 valence electrons. The molecule has 1 aliphatic heterocycles. The molecule has 0 aliphatic carbocycles. The molecule has 1 amide bonds. The number of carbonyl (C=O) groups excluding carboxylic acids is 2. The van der Waals surface area contributed by atoms with Crippen LogP contribution in [0.3, 0.4) is 0 Å². The molecule has 2 N–H and O–H groups in total. The van der Waals surface area contributed by atoms with Gasteiger partial charge in [-0.05, 0) is 44.5 Å². The Kier molecular flexibility index (Phi) is 6.64. The molecule has 1 fully saturated rings. The molecule has 0 saturated carbocycles. The van der Waals surface area contributed by atoms with Crippen LogP contribution < -0.4 is 16.3 Å². The molecule has 2 heterocycles. The van der Waals surface area contributed by atoms with Crippen LogP contribution in [0.15, 0.2) is 23.0 Å². The van der Waals surface area contributed by atoms with E-state index in [9.17, 15) is 14.4 Å². The number of aromatic nitrogens is 2. The van der Waals surface area contributed by atoms with Gasteiger partial charge in [-0.3, -0.25) is 18.7 Å². The molecular weight excluding hydrogens is 360 g/mol. The quantitative estimate of drug-likeness (QED) is 0.483. The van der Waals surface area contributed by atoms with E-state index in [0.717, 1.165) is 43.5 Å². The summed E-state index contributed by atoms with van der Waals surface area (Å²) in [5.41, 5.74) is 2.06. The number of Topliss-reactive ketones (excluding diaryl/α,β-unsaturated/α-hetero) is 1. The van der Waals surface area contributed by atoms with Crippen LogP contribution in [0, 0.1) is 0 Å². The standard InChI is InChI=1S/C20H28N4O4/c1-21-10-5-13-28-12-4-7-14-6-3-8-15-17(14)23(2)20(27)24(15)18-16(25)9-11-22-19(18)26/h3,6,8,18,21H,4-5,7,9-13H2,1-2H3,(H,22,26). The van der Waals surface area contributed by atoms with Gasteiger partial charge in [-0.25, -0.2) is 4.79 Å². The lowest BCUT2D eigenvalue weighted by atomic mass is 10.0. The van der Waals surface area contributed by atoms with Crippen LogP contribution in [0.1, 0.15) is 30.9 Å². The van der Waals surface area contributed by atoms with E-state index in [-0.39, 0.29) is 17.9 Å². The number of nitrogens with zero attached hydrogens (tertiary/aromatic N) is 2. The Labute approximate surface area is 163 Å². The van der Waals surface area contributed by atoms with Crippen molar-refractivity contribution >= 4 is 22.7 Å². The lowest BCUT2D eigenvalue weighted by Crippen LogP contribution is -2.46. The van der Waals surface area contributed by atoms with E-state index >= 15 is 0 Å². The van der Waals surface area contributed by atoms with Crippen LogP contribution in [0.25, 0.3) is 11.0 Å². The molecule has 1 aliphatic rings. The highest BCUT2D eigenvalue weighted by Gasteiger charge is 2.34. The van der Waals surface area contributed by atoms with Gasteiger partial charge in [0.05, 0.1) is 11.0 Å². The molecule has 1 unspecified atom stereocenters. The first-order chi connectivity index (χ1) is 13.6. The minimum absolute atomic E-state index is 0.223. The highest BCUT2D eigenvalue weighted by molar-refractivity contribution is 6.06. The molecule has 0 bridgehead atoms. The number of carbonyl (C=O) groups is 2. The lowest BCUT2D eigenvalue weighted by molar-refractivity contribution is -0.135. The molecule has 2 aromatic rings. The highest BCUT2D eigenvalue weighted by Crippen LogP contribution is 2.24. The number of rotatable bonds is 9. The van der Waals surface area contributed by atoms with Crippen molar-refractivity contribution in [1.82, 2.24) is 19.8 Å². The molecule has 3 rings (SSSR count). The topological polar surface area (TPSA) is 94.4 Å². The Morgan fingerprint density at radius 1 is 1.21 bits per heavy atom. The number of ketones is 1. The Morgan fingerprint density at radius 2 is 2.00 bits per heavy atom. The number of aryl methyl sites for hydroxylation is 2. The zero-order valence-electron chi connectivity index (χ0n) is 16.5. The molecule has 1 atom stereocenters. The zero-order chi connectivity index (χ0) is 20.1. The number of fused-ring (bicyclic) bond motifs is 1. The van der Waals surface area contributed by atoms with Crippen LogP contribution >= 0.6 is 0 Å². The number of hydrogen-bond donors (Lipinski definition) is 2. The van der Waals surface area contributed by atoms with Crippen molar-refractivity contribution in [1.29, 1.82) is 0 Å². The molecule has 8 heteroatoms. The van der Waals surface area contributed by atoms with Crippen molar-refractivity contribution in [2.75, 3.05) is 33.4 Å². The predicted octanol–water partition coefficient (Wildman–Crippen LogP) is 0.529. The van der Waals surface area contributed by atoms with Gasteiger partial charge in [0, 0.05) is 33.2 Å². The summed E-state index contributed by atoms with van der Waals surface area (Å²) in [7, 11) is 3.60. The number of benzene rings is 1. The first kappa shape index (κ1) is 20.3. The number of piperidine rings is 1. The van der Waals surface area contributed by atoms with E-state index in [2.05, 4.69) is 10.6 Å². The maximum Gasteiger partial charge on any atom is 0.329 e. The van der Waals surface area contributed by atoms with Crippen LogP contribution in [0.4, 0.5) is 0 Å².